The van der Waals surface area contributed by atoms with Gasteiger partial charge in [0.25, 0.3) is 0 Å². The molecule has 0 aromatic heterocycles. The van der Waals surface area contributed by atoms with E-state index in [1.807, 2.05) is 19.1 Å². The van der Waals surface area contributed by atoms with Gasteiger partial charge >= 0.3 is 0 Å². The number of likely N-dealkylation sites (N-methyl/N-ethyl adjacent to an activating group) is 1. The minimum atomic E-state index is -0.159. The Morgan fingerprint density at radius 2 is 1.77 bits per heavy atom. The number of benzene rings is 2. The van der Waals surface area contributed by atoms with Crippen LogP contribution in [0.1, 0.15) is 29.7 Å². The van der Waals surface area contributed by atoms with Gasteiger partial charge < -0.3 is 15.5 Å². The molecule has 2 aliphatic rings. The van der Waals surface area contributed by atoms with Crippen LogP contribution >= 0.6 is 0 Å². The summed E-state index contributed by atoms with van der Waals surface area (Å²) in [5.74, 6) is -0.159. The summed E-state index contributed by atoms with van der Waals surface area (Å²) in [6.07, 6.45) is 4.38. The normalized spacial score (nSPS) is 19.1. The van der Waals surface area contributed by atoms with Gasteiger partial charge in [-0.15, -0.1) is 0 Å². The minimum Gasteiger partial charge on any atom is -0.382 e. The zero-order valence-electron chi connectivity index (χ0n) is 15.4. The molecule has 0 saturated heterocycles. The largest absolute Gasteiger partial charge is 0.382 e. The monoisotopic (exact) mass is 349 g/mol. The van der Waals surface area contributed by atoms with Crippen molar-refractivity contribution in [2.75, 3.05) is 30.8 Å². The number of hydrogen-bond acceptors (Lipinski definition) is 3. The number of anilines is 2. The van der Waals surface area contributed by atoms with Crippen molar-refractivity contribution in [2.24, 2.45) is 0 Å². The highest BCUT2D eigenvalue weighted by molar-refractivity contribution is 5.81. The molecule has 2 heterocycles. The summed E-state index contributed by atoms with van der Waals surface area (Å²) in [4.78, 5) is 2.21. The van der Waals surface area contributed by atoms with Crippen LogP contribution in [0.15, 0.2) is 54.2 Å². The zero-order chi connectivity index (χ0) is 18.3. The van der Waals surface area contributed by atoms with Gasteiger partial charge in [0.05, 0.1) is 17.4 Å². The average Bonchev–Trinajstić information content (AvgIpc) is 2.63. The summed E-state index contributed by atoms with van der Waals surface area (Å²) in [6, 6.07) is 12.0. The SMILES string of the molecule is CC1=CN(C)C(c2ccc(F)c(C)c2)C(c2ccc3c(c2)NCCN3)=C1. The highest BCUT2D eigenvalue weighted by Crippen LogP contribution is 2.40. The van der Waals surface area contributed by atoms with Gasteiger partial charge in [0.2, 0.25) is 0 Å². The van der Waals surface area contributed by atoms with Crippen LogP contribution < -0.4 is 10.6 Å². The number of halogens is 1. The van der Waals surface area contributed by atoms with E-state index in [9.17, 15) is 4.39 Å². The predicted octanol–water partition coefficient (Wildman–Crippen LogP) is 4.95. The van der Waals surface area contributed by atoms with Gasteiger partial charge in [0.1, 0.15) is 5.82 Å². The lowest BCUT2D eigenvalue weighted by atomic mass is 9.87. The van der Waals surface area contributed by atoms with E-state index < -0.39 is 0 Å². The number of nitrogens with one attached hydrogen (secondary N) is 2. The third-order valence-corrected chi connectivity index (χ3v) is 5.10. The van der Waals surface area contributed by atoms with Crippen LogP contribution in [-0.2, 0) is 0 Å². The first kappa shape index (κ1) is 16.7. The van der Waals surface area contributed by atoms with Crippen molar-refractivity contribution < 1.29 is 4.39 Å². The standard InChI is InChI=1S/C22H24FN3/c1-14-10-18(16-5-7-20-21(12-16)25-9-8-24-20)22(26(3)13-14)17-4-6-19(23)15(2)11-17/h4-7,10-13,22,24-25H,8-9H2,1-3H3. The maximum absolute atomic E-state index is 13.8. The molecule has 0 saturated carbocycles. The molecule has 2 aliphatic heterocycles. The smallest absolute Gasteiger partial charge is 0.126 e. The van der Waals surface area contributed by atoms with Gasteiger partial charge in [-0.25, -0.2) is 4.39 Å². The second kappa shape index (κ2) is 6.52. The minimum absolute atomic E-state index is 0.0626. The van der Waals surface area contributed by atoms with E-state index >= 15 is 0 Å². The van der Waals surface area contributed by atoms with Gasteiger partial charge in [-0.05, 0) is 59.9 Å². The first-order chi connectivity index (χ1) is 12.5. The summed E-state index contributed by atoms with van der Waals surface area (Å²) < 4.78 is 13.8. The van der Waals surface area contributed by atoms with E-state index in [1.54, 1.807) is 6.07 Å². The van der Waals surface area contributed by atoms with Crippen LogP contribution in [0.3, 0.4) is 0 Å². The number of allylic oxidation sites excluding steroid dienone is 2. The van der Waals surface area contributed by atoms with Gasteiger partial charge in [-0.1, -0.05) is 24.3 Å². The molecular weight excluding hydrogens is 325 g/mol. The van der Waals surface area contributed by atoms with Crippen molar-refractivity contribution in [1.82, 2.24) is 4.90 Å². The van der Waals surface area contributed by atoms with Crippen molar-refractivity contribution in [3.8, 4) is 0 Å². The summed E-state index contributed by atoms with van der Waals surface area (Å²) >= 11 is 0. The van der Waals surface area contributed by atoms with Gasteiger partial charge in [0, 0.05) is 26.3 Å². The predicted molar refractivity (Wildman–Crippen MR) is 107 cm³/mol. The van der Waals surface area contributed by atoms with Crippen LogP contribution in [0.5, 0.6) is 0 Å². The molecule has 134 valence electrons. The van der Waals surface area contributed by atoms with Crippen LogP contribution in [0, 0.1) is 12.7 Å². The van der Waals surface area contributed by atoms with E-state index in [0.717, 1.165) is 30.0 Å². The molecule has 2 N–H and O–H groups in total. The number of nitrogens with zero attached hydrogens (tertiary/aromatic N) is 1. The van der Waals surface area contributed by atoms with Gasteiger partial charge in [0.15, 0.2) is 0 Å². The second-order valence-corrected chi connectivity index (χ2v) is 7.16. The Kier molecular flexibility index (Phi) is 4.19. The molecule has 26 heavy (non-hydrogen) atoms. The Balaban J connectivity index is 1.80. The molecule has 1 unspecified atom stereocenters. The summed E-state index contributed by atoms with van der Waals surface area (Å²) in [5.41, 5.74) is 7.69. The topological polar surface area (TPSA) is 27.3 Å². The molecule has 1 atom stereocenters. The zero-order valence-corrected chi connectivity index (χ0v) is 15.4. The number of rotatable bonds is 2. The van der Waals surface area contributed by atoms with E-state index in [2.05, 4.69) is 60.0 Å². The van der Waals surface area contributed by atoms with Crippen molar-refractivity contribution >= 4 is 16.9 Å². The molecule has 2 aromatic carbocycles. The van der Waals surface area contributed by atoms with Gasteiger partial charge in [-0.3, -0.25) is 0 Å². The Hall–Kier alpha value is -2.75. The highest BCUT2D eigenvalue weighted by Gasteiger charge is 2.25. The van der Waals surface area contributed by atoms with Crippen LogP contribution in [-0.4, -0.2) is 25.0 Å². The Morgan fingerprint density at radius 3 is 2.54 bits per heavy atom. The lowest BCUT2D eigenvalue weighted by molar-refractivity contribution is 0.396. The van der Waals surface area contributed by atoms with E-state index in [-0.39, 0.29) is 11.9 Å². The van der Waals surface area contributed by atoms with E-state index in [4.69, 9.17) is 0 Å². The maximum atomic E-state index is 13.8. The van der Waals surface area contributed by atoms with E-state index in [1.165, 1.54) is 16.7 Å². The van der Waals surface area contributed by atoms with Crippen molar-refractivity contribution in [3.05, 3.63) is 76.8 Å². The highest BCUT2D eigenvalue weighted by atomic mass is 19.1. The molecular formula is C22H24FN3. The van der Waals surface area contributed by atoms with Crippen LogP contribution in [0.25, 0.3) is 5.57 Å². The fraction of sp³-hybridized carbons (Fsp3) is 0.273. The Bertz CT molecular complexity index is 914. The summed E-state index contributed by atoms with van der Waals surface area (Å²) in [6.45, 7) is 5.80. The molecule has 4 rings (SSSR count). The third kappa shape index (κ3) is 2.96. The Morgan fingerprint density at radius 1 is 1.00 bits per heavy atom. The molecule has 0 bridgehead atoms. The van der Waals surface area contributed by atoms with Gasteiger partial charge in [-0.2, -0.15) is 0 Å². The lowest BCUT2D eigenvalue weighted by Crippen LogP contribution is -2.24. The molecule has 0 fully saturated rings. The molecule has 0 amide bonds. The fourth-order valence-electron chi connectivity index (χ4n) is 3.89. The molecule has 0 aliphatic carbocycles. The van der Waals surface area contributed by atoms with Crippen LogP contribution in [0.2, 0.25) is 0 Å². The van der Waals surface area contributed by atoms with Crippen molar-refractivity contribution in [2.45, 2.75) is 19.9 Å². The first-order valence-corrected chi connectivity index (χ1v) is 9.03. The first-order valence-electron chi connectivity index (χ1n) is 9.03. The third-order valence-electron chi connectivity index (χ3n) is 5.10. The quantitative estimate of drug-likeness (QED) is 0.804. The Labute approximate surface area is 154 Å². The second-order valence-electron chi connectivity index (χ2n) is 7.16. The number of aryl methyl sites for hydroxylation is 1. The number of hydrogen-bond donors (Lipinski definition) is 2. The average molecular weight is 349 g/mol. The molecule has 2 aromatic rings. The molecule has 4 heteroatoms. The molecule has 3 nitrogen and oxygen atoms in total. The summed E-state index contributed by atoms with van der Waals surface area (Å²) in [5, 5.41) is 6.89. The maximum Gasteiger partial charge on any atom is 0.126 e. The summed E-state index contributed by atoms with van der Waals surface area (Å²) in [7, 11) is 2.08. The fourth-order valence-corrected chi connectivity index (χ4v) is 3.89. The van der Waals surface area contributed by atoms with E-state index in [0.29, 0.717) is 5.56 Å². The molecule has 0 radical (unpaired) electrons. The lowest BCUT2D eigenvalue weighted by Gasteiger charge is -2.34. The van der Waals surface area contributed by atoms with Crippen molar-refractivity contribution in [1.29, 1.82) is 0 Å². The molecule has 0 spiro atoms. The van der Waals surface area contributed by atoms with Crippen LogP contribution in [0.4, 0.5) is 15.8 Å². The van der Waals surface area contributed by atoms with Crippen molar-refractivity contribution in [3.63, 3.8) is 0 Å². The number of fused-ring (bicyclic) bond motifs is 1.